The number of aryl methyl sites for hydroxylation is 1. The summed E-state index contributed by atoms with van der Waals surface area (Å²) >= 11 is 0. The van der Waals surface area contributed by atoms with E-state index in [2.05, 4.69) is 29.1 Å². The molecule has 4 nitrogen and oxygen atoms in total. The molecule has 0 aliphatic carbocycles. The Labute approximate surface area is 103 Å². The van der Waals surface area contributed by atoms with Crippen LogP contribution < -0.4 is 5.32 Å². The lowest BCUT2D eigenvalue weighted by Gasteiger charge is -2.13. The van der Waals surface area contributed by atoms with Crippen molar-refractivity contribution in [2.75, 3.05) is 18.5 Å². The lowest BCUT2D eigenvalue weighted by Crippen LogP contribution is -2.14. The lowest BCUT2D eigenvalue weighted by atomic mass is 10.1. The van der Waals surface area contributed by atoms with E-state index in [0.717, 1.165) is 55.3 Å². The summed E-state index contributed by atoms with van der Waals surface area (Å²) in [5.41, 5.74) is 2.20. The van der Waals surface area contributed by atoms with E-state index in [9.17, 15) is 0 Å². The van der Waals surface area contributed by atoms with Gasteiger partial charge in [0.05, 0.1) is 6.10 Å². The Morgan fingerprint density at radius 3 is 2.82 bits per heavy atom. The van der Waals surface area contributed by atoms with Gasteiger partial charge in [-0.3, -0.25) is 0 Å². The van der Waals surface area contributed by atoms with Crippen molar-refractivity contribution in [3.63, 3.8) is 0 Å². The van der Waals surface area contributed by atoms with Crippen LogP contribution in [0.1, 0.15) is 36.8 Å². The first-order valence-electron chi connectivity index (χ1n) is 6.40. The molecule has 0 bridgehead atoms. The predicted octanol–water partition coefficient (Wildman–Crippen LogP) is 2.25. The maximum atomic E-state index is 5.63. The maximum absolute atomic E-state index is 5.63. The van der Waals surface area contributed by atoms with E-state index in [1.165, 1.54) is 0 Å². The van der Waals surface area contributed by atoms with Crippen LogP contribution in [0.4, 0.5) is 5.82 Å². The van der Waals surface area contributed by atoms with Crippen LogP contribution in [-0.4, -0.2) is 29.2 Å². The van der Waals surface area contributed by atoms with Gasteiger partial charge in [0.2, 0.25) is 0 Å². The molecule has 1 aromatic heterocycles. The van der Waals surface area contributed by atoms with Crippen LogP contribution in [0.25, 0.3) is 0 Å². The molecule has 94 valence electrons. The number of aromatic nitrogens is 2. The van der Waals surface area contributed by atoms with Crippen LogP contribution in [0.2, 0.25) is 0 Å². The van der Waals surface area contributed by atoms with E-state index < -0.39 is 0 Å². The van der Waals surface area contributed by atoms with Gasteiger partial charge in [0.15, 0.2) is 0 Å². The highest BCUT2D eigenvalue weighted by Crippen LogP contribution is 2.19. The minimum atomic E-state index is 0.312. The van der Waals surface area contributed by atoms with E-state index in [1.807, 2.05) is 6.92 Å². The lowest BCUT2D eigenvalue weighted by molar-refractivity contribution is 0.110. The largest absolute Gasteiger partial charge is 0.378 e. The molecule has 2 heterocycles. The monoisotopic (exact) mass is 235 g/mol. The van der Waals surface area contributed by atoms with Crippen LogP contribution in [0.3, 0.4) is 0 Å². The van der Waals surface area contributed by atoms with Gasteiger partial charge in [-0.2, -0.15) is 0 Å². The van der Waals surface area contributed by atoms with E-state index >= 15 is 0 Å². The fraction of sp³-hybridized carbons (Fsp3) is 0.692. The minimum absolute atomic E-state index is 0.312. The number of nitrogens with zero attached hydrogens (tertiary/aromatic N) is 2. The number of rotatable bonds is 4. The highest BCUT2D eigenvalue weighted by molar-refractivity contribution is 5.45. The normalized spacial score (nSPS) is 19.6. The molecule has 1 unspecified atom stereocenters. The quantitative estimate of drug-likeness (QED) is 0.869. The van der Waals surface area contributed by atoms with Gasteiger partial charge in [0.25, 0.3) is 0 Å². The topological polar surface area (TPSA) is 47.0 Å². The summed E-state index contributed by atoms with van der Waals surface area (Å²) < 4.78 is 5.63. The molecule has 0 radical (unpaired) electrons. The van der Waals surface area contributed by atoms with Crippen molar-refractivity contribution in [2.24, 2.45) is 0 Å². The van der Waals surface area contributed by atoms with Crippen LogP contribution >= 0.6 is 0 Å². The highest BCUT2D eigenvalue weighted by Gasteiger charge is 2.18. The van der Waals surface area contributed by atoms with Crippen molar-refractivity contribution in [1.29, 1.82) is 0 Å². The summed E-state index contributed by atoms with van der Waals surface area (Å²) in [6, 6.07) is 0. The molecule has 17 heavy (non-hydrogen) atoms. The molecule has 0 saturated carbocycles. The Hall–Kier alpha value is -1.16. The molecule has 0 spiro atoms. The summed E-state index contributed by atoms with van der Waals surface area (Å²) in [7, 11) is 0. The molecular weight excluding hydrogens is 214 g/mol. The summed E-state index contributed by atoms with van der Waals surface area (Å²) in [5.74, 6) is 1.86. The van der Waals surface area contributed by atoms with Crippen molar-refractivity contribution >= 4 is 5.82 Å². The molecule has 1 aliphatic rings. The third kappa shape index (κ3) is 2.94. The Bertz CT molecular complexity index is 386. The van der Waals surface area contributed by atoms with Crippen molar-refractivity contribution in [2.45, 2.75) is 46.1 Å². The number of hydrogen-bond donors (Lipinski definition) is 1. The molecule has 2 rings (SSSR count). The van der Waals surface area contributed by atoms with Gasteiger partial charge < -0.3 is 10.1 Å². The van der Waals surface area contributed by atoms with E-state index in [0.29, 0.717) is 6.10 Å². The maximum Gasteiger partial charge on any atom is 0.133 e. The van der Waals surface area contributed by atoms with Crippen molar-refractivity contribution in [3.05, 3.63) is 17.1 Å². The average Bonchev–Trinajstić information content (AvgIpc) is 2.78. The predicted molar refractivity (Wildman–Crippen MR) is 68.3 cm³/mol. The Morgan fingerprint density at radius 1 is 1.35 bits per heavy atom. The van der Waals surface area contributed by atoms with Crippen molar-refractivity contribution < 1.29 is 4.74 Å². The van der Waals surface area contributed by atoms with Crippen LogP contribution in [0.5, 0.6) is 0 Å². The molecule has 1 saturated heterocycles. The molecule has 1 aromatic rings. The molecule has 0 aromatic carbocycles. The van der Waals surface area contributed by atoms with Crippen LogP contribution in [-0.2, 0) is 11.2 Å². The molecule has 1 N–H and O–H groups in total. The van der Waals surface area contributed by atoms with E-state index in [-0.39, 0.29) is 0 Å². The first kappa shape index (κ1) is 12.3. The SMILES string of the molecule is CCNc1nc(CC2CCCO2)nc(C)c1C. The molecule has 1 aliphatic heterocycles. The van der Waals surface area contributed by atoms with Gasteiger partial charge in [0, 0.05) is 30.8 Å². The zero-order valence-corrected chi connectivity index (χ0v) is 10.9. The second-order valence-corrected chi connectivity index (χ2v) is 4.57. The summed E-state index contributed by atoms with van der Waals surface area (Å²) in [6.45, 7) is 7.95. The van der Waals surface area contributed by atoms with E-state index in [4.69, 9.17) is 4.74 Å². The van der Waals surface area contributed by atoms with Gasteiger partial charge in [-0.05, 0) is 33.6 Å². The summed E-state index contributed by atoms with van der Waals surface area (Å²) in [5, 5.41) is 3.29. The highest BCUT2D eigenvalue weighted by atomic mass is 16.5. The number of ether oxygens (including phenoxy) is 1. The average molecular weight is 235 g/mol. The van der Waals surface area contributed by atoms with Gasteiger partial charge in [-0.25, -0.2) is 9.97 Å². The number of hydrogen-bond acceptors (Lipinski definition) is 4. The molecule has 1 atom stereocenters. The van der Waals surface area contributed by atoms with Gasteiger partial charge in [-0.1, -0.05) is 0 Å². The second-order valence-electron chi connectivity index (χ2n) is 4.57. The number of nitrogens with one attached hydrogen (secondary N) is 1. The molecule has 4 heteroatoms. The minimum Gasteiger partial charge on any atom is -0.378 e. The second kappa shape index (κ2) is 5.45. The third-order valence-electron chi connectivity index (χ3n) is 3.21. The van der Waals surface area contributed by atoms with Crippen LogP contribution in [0, 0.1) is 13.8 Å². The first-order valence-corrected chi connectivity index (χ1v) is 6.40. The Kier molecular flexibility index (Phi) is 3.94. The smallest absolute Gasteiger partial charge is 0.133 e. The summed E-state index contributed by atoms with van der Waals surface area (Å²) in [4.78, 5) is 9.13. The fourth-order valence-electron chi connectivity index (χ4n) is 2.13. The van der Waals surface area contributed by atoms with E-state index in [1.54, 1.807) is 0 Å². The molecule has 0 amide bonds. The zero-order valence-electron chi connectivity index (χ0n) is 10.9. The molecule has 1 fully saturated rings. The van der Waals surface area contributed by atoms with Gasteiger partial charge >= 0.3 is 0 Å². The Balaban J connectivity index is 2.16. The standard InChI is InChI=1S/C13H21N3O/c1-4-14-13-9(2)10(3)15-12(16-13)8-11-6-5-7-17-11/h11H,4-8H2,1-3H3,(H,14,15,16). The number of anilines is 1. The van der Waals surface area contributed by atoms with Gasteiger partial charge in [0.1, 0.15) is 11.6 Å². The van der Waals surface area contributed by atoms with Crippen molar-refractivity contribution in [3.8, 4) is 0 Å². The first-order chi connectivity index (χ1) is 8.20. The zero-order chi connectivity index (χ0) is 12.3. The fourth-order valence-corrected chi connectivity index (χ4v) is 2.13. The van der Waals surface area contributed by atoms with Crippen molar-refractivity contribution in [1.82, 2.24) is 9.97 Å². The molecular formula is C13H21N3O. The summed E-state index contributed by atoms with van der Waals surface area (Å²) in [6.07, 6.45) is 3.44. The van der Waals surface area contributed by atoms with Crippen LogP contribution in [0.15, 0.2) is 0 Å². The van der Waals surface area contributed by atoms with Gasteiger partial charge in [-0.15, -0.1) is 0 Å². The Morgan fingerprint density at radius 2 is 2.18 bits per heavy atom. The third-order valence-corrected chi connectivity index (χ3v) is 3.21.